The minimum absolute atomic E-state index is 0.344. The van der Waals surface area contributed by atoms with Crippen molar-refractivity contribution in [3.05, 3.63) is 17.8 Å². The van der Waals surface area contributed by atoms with Crippen LogP contribution in [0.3, 0.4) is 0 Å². The van der Waals surface area contributed by atoms with Crippen LogP contribution in [0.25, 0.3) is 0 Å². The summed E-state index contributed by atoms with van der Waals surface area (Å²) in [5.74, 6) is 0.761. The van der Waals surface area contributed by atoms with Gasteiger partial charge in [0, 0.05) is 12.1 Å². The molecule has 4 unspecified atom stereocenters. The summed E-state index contributed by atoms with van der Waals surface area (Å²) in [6.07, 6.45) is -0.171. The minimum atomic E-state index is -1.43. The molecular weight excluding hydrogens is 276 g/mol. The highest BCUT2D eigenvalue weighted by Gasteiger charge is 2.81. The summed E-state index contributed by atoms with van der Waals surface area (Å²) < 4.78 is 7.59. The normalized spacial score (nSPS) is 43.8. The molecule has 3 fully saturated rings. The van der Waals surface area contributed by atoms with Crippen molar-refractivity contribution in [1.29, 1.82) is 0 Å². The van der Waals surface area contributed by atoms with E-state index in [9.17, 15) is 15.3 Å². The minimum Gasteiger partial charge on any atom is -0.394 e. The van der Waals surface area contributed by atoms with Crippen molar-refractivity contribution in [2.75, 3.05) is 18.6 Å². The van der Waals surface area contributed by atoms with Crippen LogP contribution in [0.2, 0.25) is 0 Å². The number of rotatable bonds is 2. The third-order valence-electron chi connectivity index (χ3n) is 5.19. The molecule has 5 atom stereocenters. The third-order valence-corrected chi connectivity index (χ3v) is 5.19. The van der Waals surface area contributed by atoms with Gasteiger partial charge < -0.3 is 35.7 Å². The van der Waals surface area contributed by atoms with E-state index in [1.807, 2.05) is 0 Å². The van der Waals surface area contributed by atoms with E-state index in [1.165, 1.54) is 0 Å². The first kappa shape index (κ1) is 13.1. The molecule has 1 aromatic heterocycles. The molecular formula is C13H18N4O4. The monoisotopic (exact) mass is 294 g/mol. The quantitative estimate of drug-likeness (QED) is 0.445. The number of aliphatic imine (C=N–C) groups is 1. The van der Waals surface area contributed by atoms with Crippen LogP contribution in [0.4, 0.5) is 5.82 Å². The van der Waals surface area contributed by atoms with Crippen molar-refractivity contribution in [3.8, 4) is 0 Å². The Labute approximate surface area is 120 Å². The van der Waals surface area contributed by atoms with Crippen molar-refractivity contribution in [1.82, 2.24) is 4.57 Å². The second-order valence-corrected chi connectivity index (χ2v) is 5.88. The van der Waals surface area contributed by atoms with E-state index < -0.39 is 23.5 Å². The van der Waals surface area contributed by atoms with Gasteiger partial charge in [-0.15, -0.1) is 0 Å². The number of aliphatic hydroxyl groups excluding tert-OH is 2. The summed E-state index contributed by atoms with van der Waals surface area (Å²) in [5, 5.41) is 33.5. The molecule has 6 N–H and O–H groups in total. The lowest BCUT2D eigenvalue weighted by Crippen LogP contribution is -2.72. The van der Waals surface area contributed by atoms with Crippen LogP contribution >= 0.6 is 0 Å². The van der Waals surface area contributed by atoms with E-state index in [4.69, 9.17) is 10.5 Å². The number of aliphatic hydroxyl groups is 3. The zero-order valence-electron chi connectivity index (χ0n) is 11.5. The van der Waals surface area contributed by atoms with Gasteiger partial charge in [0.25, 0.3) is 0 Å². The van der Waals surface area contributed by atoms with E-state index >= 15 is 0 Å². The van der Waals surface area contributed by atoms with Gasteiger partial charge in [-0.1, -0.05) is 6.92 Å². The number of hydrogen-bond acceptors (Lipinski definition) is 7. The van der Waals surface area contributed by atoms with Crippen LogP contribution in [-0.4, -0.2) is 56.8 Å². The van der Waals surface area contributed by atoms with Crippen LogP contribution in [-0.2, 0) is 10.5 Å². The lowest BCUT2D eigenvalue weighted by Gasteiger charge is -2.53. The van der Waals surface area contributed by atoms with Crippen LogP contribution in [0.1, 0.15) is 12.5 Å². The van der Waals surface area contributed by atoms with Crippen LogP contribution in [0.5, 0.6) is 0 Å². The SMILES string of the molecule is CC1C2(O)C(O)C1(n1ccc3c1NCN=C3N)O[C@@H]2CO. The summed E-state index contributed by atoms with van der Waals surface area (Å²) in [5.41, 5.74) is 4.08. The standard InChI is InChI=1S/C13H18N4O4/c1-6-12(20)8(4-18)21-13(6,11(12)19)17-3-2-7-9(14)15-5-16-10(7)17/h2-3,6,8,11,16,18-20H,4-5H2,1H3,(H2,14,15)/t6?,8-,11?,12?,13?/m1/s1. The number of nitrogens with two attached hydrogens (primary N) is 1. The first-order valence-corrected chi connectivity index (χ1v) is 6.93. The fraction of sp³-hybridized carbons (Fsp3) is 0.615. The predicted molar refractivity (Wildman–Crippen MR) is 73.7 cm³/mol. The molecule has 0 amide bonds. The van der Waals surface area contributed by atoms with Crippen molar-refractivity contribution in [2.45, 2.75) is 30.5 Å². The fourth-order valence-electron chi connectivity index (χ4n) is 3.96. The summed E-state index contributed by atoms with van der Waals surface area (Å²) in [4.78, 5) is 4.11. The Morgan fingerprint density at radius 3 is 3.00 bits per heavy atom. The van der Waals surface area contributed by atoms with Gasteiger partial charge in [-0.05, 0) is 6.07 Å². The predicted octanol–water partition coefficient (Wildman–Crippen LogP) is -1.64. The number of hydrogen-bond donors (Lipinski definition) is 5. The first-order valence-electron chi connectivity index (χ1n) is 6.93. The molecule has 0 spiro atoms. The van der Waals surface area contributed by atoms with Crippen molar-refractivity contribution >= 4 is 11.7 Å². The van der Waals surface area contributed by atoms with E-state index in [0.29, 0.717) is 18.3 Å². The van der Waals surface area contributed by atoms with E-state index in [1.54, 1.807) is 23.8 Å². The molecule has 21 heavy (non-hydrogen) atoms. The third kappa shape index (κ3) is 1.19. The highest BCUT2D eigenvalue weighted by atomic mass is 16.6. The maximum Gasteiger partial charge on any atom is 0.181 e. The Balaban J connectivity index is 1.84. The zero-order valence-corrected chi connectivity index (χ0v) is 11.5. The van der Waals surface area contributed by atoms with Gasteiger partial charge in [0.05, 0.1) is 12.2 Å². The smallest absolute Gasteiger partial charge is 0.181 e. The van der Waals surface area contributed by atoms with Gasteiger partial charge in [-0.25, -0.2) is 4.99 Å². The number of aromatic nitrogens is 1. The maximum atomic E-state index is 10.6. The molecule has 0 radical (unpaired) electrons. The molecule has 114 valence electrons. The highest BCUT2D eigenvalue weighted by molar-refractivity contribution is 6.03. The van der Waals surface area contributed by atoms with Crippen LogP contribution in [0, 0.1) is 5.92 Å². The Hall–Kier alpha value is -1.61. The van der Waals surface area contributed by atoms with Gasteiger partial charge in [-0.2, -0.15) is 0 Å². The van der Waals surface area contributed by atoms with Gasteiger partial charge in [0.15, 0.2) is 5.72 Å². The number of nitrogens with one attached hydrogen (secondary N) is 1. The average molecular weight is 294 g/mol. The van der Waals surface area contributed by atoms with Crippen LogP contribution in [0.15, 0.2) is 17.3 Å². The van der Waals surface area contributed by atoms with Gasteiger partial charge in [-0.3, -0.25) is 0 Å². The molecule has 1 aromatic rings. The second kappa shape index (κ2) is 3.77. The molecule has 8 heteroatoms. The molecule has 2 saturated heterocycles. The summed E-state index contributed by atoms with van der Waals surface area (Å²) in [6.45, 7) is 1.80. The molecule has 1 saturated carbocycles. The highest BCUT2D eigenvalue weighted by Crippen LogP contribution is 2.63. The first-order chi connectivity index (χ1) is 9.97. The van der Waals surface area contributed by atoms with Crippen LogP contribution < -0.4 is 11.1 Å². The van der Waals surface area contributed by atoms with E-state index in [0.717, 1.165) is 5.56 Å². The van der Waals surface area contributed by atoms with E-state index in [-0.39, 0.29) is 12.5 Å². The molecule has 1 aliphatic carbocycles. The van der Waals surface area contributed by atoms with Gasteiger partial charge in [0.1, 0.15) is 36.1 Å². The summed E-state index contributed by atoms with van der Waals surface area (Å²) >= 11 is 0. The molecule has 0 aromatic carbocycles. The second-order valence-electron chi connectivity index (χ2n) is 5.88. The topological polar surface area (TPSA) is 125 Å². The molecule has 4 heterocycles. The molecule has 8 nitrogen and oxygen atoms in total. The molecule has 3 aliphatic heterocycles. The zero-order chi connectivity index (χ0) is 15.0. The Bertz CT molecular complexity index is 630. The Morgan fingerprint density at radius 2 is 2.38 bits per heavy atom. The summed E-state index contributed by atoms with van der Waals surface area (Å²) in [6, 6.07) is 1.79. The average Bonchev–Trinajstić information content (AvgIpc) is 3.08. The largest absolute Gasteiger partial charge is 0.394 e. The van der Waals surface area contributed by atoms with Crippen molar-refractivity contribution in [3.63, 3.8) is 0 Å². The number of fused-ring (bicyclic) bond motifs is 2. The van der Waals surface area contributed by atoms with Gasteiger partial charge >= 0.3 is 0 Å². The Morgan fingerprint density at radius 1 is 1.62 bits per heavy atom. The molecule has 2 bridgehead atoms. The Kier molecular flexibility index (Phi) is 2.35. The van der Waals surface area contributed by atoms with Crippen molar-refractivity contribution in [2.24, 2.45) is 16.6 Å². The molecule has 4 aliphatic rings. The molecule has 5 rings (SSSR count). The lowest BCUT2D eigenvalue weighted by molar-refractivity contribution is -0.263. The summed E-state index contributed by atoms with van der Waals surface area (Å²) in [7, 11) is 0. The fourth-order valence-corrected chi connectivity index (χ4v) is 3.96. The number of nitrogens with zero attached hydrogens (tertiary/aromatic N) is 2. The van der Waals surface area contributed by atoms with Crippen molar-refractivity contribution < 1.29 is 20.1 Å². The number of anilines is 1. The number of amidine groups is 1. The number of ether oxygens (including phenoxy) is 1. The maximum absolute atomic E-state index is 10.6. The van der Waals surface area contributed by atoms with Gasteiger partial charge in [0.2, 0.25) is 0 Å². The van der Waals surface area contributed by atoms with E-state index in [2.05, 4.69) is 10.3 Å². The lowest BCUT2D eigenvalue weighted by atomic mass is 9.61.